The fraction of sp³-hybridized carbons (Fsp3) is 0.650. The zero-order chi connectivity index (χ0) is 18.4. The normalized spacial score (nSPS) is 21.7. The number of carbonyl (C=O) groups excluding carboxylic acids is 1. The third-order valence-electron chi connectivity index (χ3n) is 5.25. The smallest absolute Gasteiger partial charge is 0.237 e. The van der Waals surface area contributed by atoms with E-state index < -0.39 is 0 Å². The van der Waals surface area contributed by atoms with Crippen molar-refractivity contribution >= 4 is 5.91 Å². The molecular weight excluding hydrogens is 314 g/mol. The van der Waals surface area contributed by atoms with Crippen LogP contribution in [-0.4, -0.2) is 65.2 Å². The summed E-state index contributed by atoms with van der Waals surface area (Å²) in [5, 5.41) is 12.7. The second kappa shape index (κ2) is 9.32. The lowest BCUT2D eigenvalue weighted by molar-refractivity contribution is -0.127. The van der Waals surface area contributed by atoms with Crippen LogP contribution >= 0.6 is 0 Å². The molecule has 5 nitrogen and oxygen atoms in total. The van der Waals surface area contributed by atoms with Gasteiger partial charge in [-0.3, -0.25) is 14.6 Å². The van der Waals surface area contributed by atoms with E-state index in [4.69, 9.17) is 0 Å². The first-order chi connectivity index (χ1) is 11.9. The highest BCUT2D eigenvalue weighted by atomic mass is 16.3. The highest BCUT2D eigenvalue weighted by molar-refractivity contribution is 5.81. The number of nitrogens with zero attached hydrogens (tertiary/aromatic N) is 2. The molecule has 0 unspecified atom stereocenters. The molecule has 0 spiro atoms. The molecule has 25 heavy (non-hydrogen) atoms. The third kappa shape index (κ3) is 5.53. The first kappa shape index (κ1) is 19.9. The van der Waals surface area contributed by atoms with Gasteiger partial charge in [0.2, 0.25) is 5.91 Å². The Morgan fingerprint density at radius 2 is 2.04 bits per heavy atom. The van der Waals surface area contributed by atoms with Crippen LogP contribution in [0.3, 0.4) is 0 Å². The quantitative estimate of drug-likeness (QED) is 0.789. The summed E-state index contributed by atoms with van der Waals surface area (Å²) in [5.74, 6) is 0.0853. The van der Waals surface area contributed by atoms with Crippen molar-refractivity contribution in [2.45, 2.75) is 58.8 Å². The summed E-state index contributed by atoms with van der Waals surface area (Å²) in [4.78, 5) is 17.2. The molecule has 0 bridgehead atoms. The summed E-state index contributed by atoms with van der Waals surface area (Å²) >= 11 is 0. The highest BCUT2D eigenvalue weighted by Crippen LogP contribution is 2.16. The van der Waals surface area contributed by atoms with E-state index in [-0.39, 0.29) is 18.1 Å². The molecule has 3 atom stereocenters. The van der Waals surface area contributed by atoms with Crippen molar-refractivity contribution in [1.82, 2.24) is 15.1 Å². The van der Waals surface area contributed by atoms with Crippen molar-refractivity contribution < 1.29 is 9.90 Å². The van der Waals surface area contributed by atoms with Crippen LogP contribution in [-0.2, 0) is 11.3 Å². The molecule has 1 aromatic carbocycles. The number of β-amino-alcohol motifs (C(OH)–C–C–N with tert-alkyl or cyclic N) is 1. The SMILES string of the molecule is CC[C@@H]1CN([C@H](C)C(=O)NCc2ccccc2C)CCN1C[C@H](C)O. The van der Waals surface area contributed by atoms with E-state index in [9.17, 15) is 9.90 Å². The number of aliphatic hydroxyl groups excluding tert-OH is 1. The Labute approximate surface area is 152 Å². The lowest BCUT2D eigenvalue weighted by atomic mass is 10.1. The van der Waals surface area contributed by atoms with E-state index in [0.717, 1.165) is 31.6 Å². The Bertz CT molecular complexity index is 562. The second-order valence-corrected chi connectivity index (χ2v) is 7.22. The van der Waals surface area contributed by atoms with Crippen LogP contribution in [0, 0.1) is 6.92 Å². The van der Waals surface area contributed by atoms with Gasteiger partial charge in [0, 0.05) is 38.8 Å². The van der Waals surface area contributed by atoms with E-state index in [1.165, 1.54) is 5.56 Å². The molecule has 1 aromatic rings. The summed E-state index contributed by atoms with van der Waals surface area (Å²) < 4.78 is 0. The Morgan fingerprint density at radius 3 is 2.68 bits per heavy atom. The monoisotopic (exact) mass is 347 g/mol. The number of amides is 1. The van der Waals surface area contributed by atoms with E-state index in [1.807, 2.05) is 26.0 Å². The highest BCUT2D eigenvalue weighted by Gasteiger charge is 2.31. The molecule has 1 aliphatic heterocycles. The topological polar surface area (TPSA) is 55.8 Å². The minimum atomic E-state index is -0.310. The van der Waals surface area contributed by atoms with Gasteiger partial charge in [-0.05, 0) is 38.3 Å². The summed E-state index contributed by atoms with van der Waals surface area (Å²) in [5.41, 5.74) is 2.37. The second-order valence-electron chi connectivity index (χ2n) is 7.22. The minimum absolute atomic E-state index is 0.0853. The maximum Gasteiger partial charge on any atom is 0.237 e. The van der Waals surface area contributed by atoms with Crippen LogP contribution < -0.4 is 5.32 Å². The zero-order valence-electron chi connectivity index (χ0n) is 16.0. The molecule has 1 fully saturated rings. The molecule has 0 radical (unpaired) electrons. The average Bonchev–Trinajstić information content (AvgIpc) is 2.60. The number of piperazine rings is 1. The average molecular weight is 348 g/mol. The lowest BCUT2D eigenvalue weighted by Gasteiger charge is -2.43. The molecule has 0 aromatic heterocycles. The van der Waals surface area contributed by atoms with Crippen molar-refractivity contribution in [1.29, 1.82) is 0 Å². The molecule has 140 valence electrons. The predicted molar refractivity (Wildman–Crippen MR) is 101 cm³/mol. The molecule has 2 rings (SSSR count). The number of carbonyl (C=O) groups is 1. The largest absolute Gasteiger partial charge is 0.392 e. The van der Waals surface area contributed by atoms with Gasteiger partial charge >= 0.3 is 0 Å². The Balaban J connectivity index is 1.88. The van der Waals surface area contributed by atoms with E-state index >= 15 is 0 Å². The zero-order valence-corrected chi connectivity index (χ0v) is 16.0. The Morgan fingerprint density at radius 1 is 1.32 bits per heavy atom. The summed E-state index contributed by atoms with van der Waals surface area (Å²) in [7, 11) is 0. The van der Waals surface area contributed by atoms with Crippen LogP contribution in [0.5, 0.6) is 0 Å². The maximum absolute atomic E-state index is 12.6. The molecular formula is C20H33N3O2. The van der Waals surface area contributed by atoms with Crippen LogP contribution in [0.2, 0.25) is 0 Å². The first-order valence-electron chi connectivity index (χ1n) is 9.40. The third-order valence-corrected chi connectivity index (χ3v) is 5.25. The number of aryl methyl sites for hydroxylation is 1. The van der Waals surface area contributed by atoms with Crippen LogP contribution in [0.25, 0.3) is 0 Å². The molecule has 5 heteroatoms. The first-order valence-corrected chi connectivity index (χ1v) is 9.40. The van der Waals surface area contributed by atoms with Gasteiger partial charge in [0.1, 0.15) is 0 Å². The van der Waals surface area contributed by atoms with E-state index in [0.29, 0.717) is 19.1 Å². The number of hydrogen-bond acceptors (Lipinski definition) is 4. The van der Waals surface area contributed by atoms with Crippen molar-refractivity contribution in [3.63, 3.8) is 0 Å². The molecule has 1 saturated heterocycles. The van der Waals surface area contributed by atoms with Crippen molar-refractivity contribution in [3.05, 3.63) is 35.4 Å². The van der Waals surface area contributed by atoms with Crippen LogP contribution in [0.1, 0.15) is 38.3 Å². The van der Waals surface area contributed by atoms with E-state index in [2.05, 4.69) is 41.1 Å². The predicted octanol–water partition coefficient (Wildman–Crippen LogP) is 1.78. The number of rotatable bonds is 7. The van der Waals surface area contributed by atoms with Crippen molar-refractivity contribution in [2.24, 2.45) is 0 Å². The molecule has 1 aliphatic rings. The van der Waals surface area contributed by atoms with Gasteiger partial charge in [0.25, 0.3) is 0 Å². The number of aliphatic hydroxyl groups is 1. The van der Waals surface area contributed by atoms with Crippen molar-refractivity contribution in [2.75, 3.05) is 26.2 Å². The Hall–Kier alpha value is -1.43. The minimum Gasteiger partial charge on any atom is -0.392 e. The van der Waals surface area contributed by atoms with Gasteiger partial charge in [-0.15, -0.1) is 0 Å². The van der Waals surface area contributed by atoms with Gasteiger partial charge in [0.15, 0.2) is 0 Å². The molecule has 2 N–H and O–H groups in total. The van der Waals surface area contributed by atoms with Gasteiger partial charge in [-0.25, -0.2) is 0 Å². The molecule has 1 amide bonds. The summed E-state index contributed by atoms with van der Waals surface area (Å²) in [6.07, 6.45) is 0.719. The summed E-state index contributed by atoms with van der Waals surface area (Å²) in [6, 6.07) is 8.41. The number of nitrogens with one attached hydrogen (secondary N) is 1. The fourth-order valence-corrected chi connectivity index (χ4v) is 3.54. The van der Waals surface area contributed by atoms with Gasteiger partial charge in [0.05, 0.1) is 12.1 Å². The van der Waals surface area contributed by atoms with Gasteiger partial charge in [-0.2, -0.15) is 0 Å². The maximum atomic E-state index is 12.6. The summed E-state index contributed by atoms with van der Waals surface area (Å²) in [6.45, 7) is 12.0. The van der Waals surface area contributed by atoms with Crippen LogP contribution in [0.4, 0.5) is 0 Å². The lowest BCUT2D eigenvalue weighted by Crippen LogP contribution is -2.58. The van der Waals surface area contributed by atoms with Gasteiger partial charge in [-0.1, -0.05) is 31.2 Å². The van der Waals surface area contributed by atoms with E-state index in [1.54, 1.807) is 0 Å². The molecule has 0 saturated carbocycles. The molecule has 1 heterocycles. The molecule has 0 aliphatic carbocycles. The van der Waals surface area contributed by atoms with Crippen LogP contribution in [0.15, 0.2) is 24.3 Å². The fourth-order valence-electron chi connectivity index (χ4n) is 3.54. The number of hydrogen-bond donors (Lipinski definition) is 2. The Kier molecular flexibility index (Phi) is 7.41. The standard InChI is InChI=1S/C20H33N3O2/c1-5-19-14-22(10-11-23(19)13-16(3)24)17(4)20(25)21-12-18-9-7-6-8-15(18)2/h6-9,16-17,19,24H,5,10-14H2,1-4H3,(H,21,25)/t16-,17+,19+/m0/s1. The van der Waals surface area contributed by atoms with Crippen molar-refractivity contribution in [3.8, 4) is 0 Å². The number of benzene rings is 1. The van der Waals surface area contributed by atoms with Gasteiger partial charge < -0.3 is 10.4 Å².